The monoisotopic (exact) mass is 382 g/mol. The van der Waals surface area contributed by atoms with Gasteiger partial charge in [-0.3, -0.25) is 9.69 Å². The molecule has 1 N–H and O–H groups in total. The van der Waals surface area contributed by atoms with Gasteiger partial charge >= 0.3 is 6.18 Å². The van der Waals surface area contributed by atoms with Crippen LogP contribution in [0.5, 0.6) is 0 Å². The molecule has 1 aromatic carbocycles. The van der Waals surface area contributed by atoms with Gasteiger partial charge in [0.15, 0.2) is 0 Å². The number of rotatable bonds is 4. The minimum absolute atomic E-state index is 0.0602. The van der Waals surface area contributed by atoms with E-state index in [9.17, 15) is 18.0 Å². The van der Waals surface area contributed by atoms with Crippen molar-refractivity contribution in [3.63, 3.8) is 0 Å². The van der Waals surface area contributed by atoms with Crippen molar-refractivity contribution in [3.05, 3.63) is 34.9 Å². The quantitative estimate of drug-likeness (QED) is 0.866. The fourth-order valence-corrected chi connectivity index (χ4v) is 4.30. The van der Waals surface area contributed by atoms with Crippen LogP contribution in [-0.4, -0.2) is 49.2 Å². The maximum Gasteiger partial charge on any atom is 0.416 e. The number of nitrogens with zero attached hydrogens (tertiary/aromatic N) is 1. The van der Waals surface area contributed by atoms with Gasteiger partial charge in [0, 0.05) is 18.2 Å². The van der Waals surface area contributed by atoms with Crippen LogP contribution in [0.25, 0.3) is 0 Å². The molecule has 4 nitrogen and oxygen atoms in total. The lowest BCUT2D eigenvalue weighted by atomic mass is 9.97. The second-order valence-corrected chi connectivity index (χ2v) is 7.83. The summed E-state index contributed by atoms with van der Waals surface area (Å²) in [4.78, 5) is 15.3. The Labute approximate surface area is 157 Å². The average Bonchev–Trinajstić information content (AvgIpc) is 3.35. The highest BCUT2D eigenvalue weighted by Crippen LogP contribution is 2.43. The van der Waals surface area contributed by atoms with Crippen molar-refractivity contribution in [3.8, 4) is 0 Å². The van der Waals surface area contributed by atoms with Gasteiger partial charge in [-0.1, -0.05) is 0 Å². The number of hydrogen-bond acceptors (Lipinski definition) is 3. The SMILES string of the molecule is O=C(N[C@@H]1COCC[C@H]1N1CCCC1)c1ccc(C(F)(F)F)cc1C1CC1. The molecule has 7 heteroatoms. The summed E-state index contributed by atoms with van der Waals surface area (Å²) in [6.07, 6.45) is 0.491. The van der Waals surface area contributed by atoms with Gasteiger partial charge in [-0.05, 0) is 74.9 Å². The molecule has 4 rings (SSSR count). The fourth-order valence-electron chi connectivity index (χ4n) is 4.30. The zero-order chi connectivity index (χ0) is 19.0. The Kier molecular flexibility index (Phi) is 5.16. The number of carbonyl (C=O) groups is 1. The minimum Gasteiger partial charge on any atom is -0.379 e. The Morgan fingerprint density at radius 2 is 1.89 bits per heavy atom. The average molecular weight is 382 g/mol. The number of halogens is 3. The van der Waals surface area contributed by atoms with Crippen molar-refractivity contribution in [1.82, 2.24) is 10.2 Å². The Morgan fingerprint density at radius 3 is 2.56 bits per heavy atom. The molecule has 27 heavy (non-hydrogen) atoms. The Morgan fingerprint density at radius 1 is 1.15 bits per heavy atom. The van der Waals surface area contributed by atoms with Gasteiger partial charge in [-0.2, -0.15) is 13.2 Å². The second-order valence-electron chi connectivity index (χ2n) is 7.83. The van der Waals surface area contributed by atoms with Gasteiger partial charge in [0.2, 0.25) is 0 Å². The van der Waals surface area contributed by atoms with Crippen LogP contribution in [-0.2, 0) is 10.9 Å². The molecule has 2 saturated heterocycles. The molecule has 1 aromatic rings. The zero-order valence-electron chi connectivity index (χ0n) is 15.2. The molecule has 0 bridgehead atoms. The molecule has 0 aromatic heterocycles. The van der Waals surface area contributed by atoms with E-state index in [1.54, 1.807) is 0 Å². The maximum absolute atomic E-state index is 13.1. The first-order chi connectivity index (χ1) is 12.9. The van der Waals surface area contributed by atoms with Crippen molar-refractivity contribution < 1.29 is 22.7 Å². The van der Waals surface area contributed by atoms with E-state index in [2.05, 4.69) is 10.2 Å². The fraction of sp³-hybridized carbons (Fsp3) is 0.650. The van der Waals surface area contributed by atoms with Crippen molar-refractivity contribution in [2.24, 2.45) is 0 Å². The summed E-state index contributed by atoms with van der Waals surface area (Å²) in [5, 5.41) is 3.06. The van der Waals surface area contributed by atoms with Crippen LogP contribution in [0.2, 0.25) is 0 Å². The number of carbonyl (C=O) groups excluding carboxylic acids is 1. The van der Waals surface area contributed by atoms with E-state index in [4.69, 9.17) is 4.74 Å². The summed E-state index contributed by atoms with van der Waals surface area (Å²) >= 11 is 0. The predicted molar refractivity (Wildman–Crippen MR) is 94.7 cm³/mol. The molecule has 2 heterocycles. The minimum atomic E-state index is -4.39. The normalized spacial score (nSPS) is 26.9. The third-order valence-electron chi connectivity index (χ3n) is 5.89. The molecule has 3 fully saturated rings. The Bertz CT molecular complexity index is 697. The molecule has 148 valence electrons. The lowest BCUT2D eigenvalue weighted by molar-refractivity contribution is -0.137. The van der Waals surface area contributed by atoms with Crippen LogP contribution in [0.15, 0.2) is 18.2 Å². The first kappa shape index (κ1) is 18.7. The molecule has 1 saturated carbocycles. The highest BCUT2D eigenvalue weighted by Gasteiger charge is 2.37. The van der Waals surface area contributed by atoms with Gasteiger partial charge in [0.1, 0.15) is 0 Å². The number of ether oxygens (including phenoxy) is 1. The van der Waals surface area contributed by atoms with Crippen molar-refractivity contribution in [2.45, 2.75) is 56.3 Å². The summed E-state index contributed by atoms with van der Waals surface area (Å²) < 4.78 is 44.7. The topological polar surface area (TPSA) is 41.6 Å². The summed E-state index contributed by atoms with van der Waals surface area (Å²) in [6.45, 7) is 3.20. The van der Waals surface area contributed by atoms with Crippen molar-refractivity contribution in [2.75, 3.05) is 26.3 Å². The molecule has 2 atom stereocenters. The van der Waals surface area contributed by atoms with Crippen LogP contribution in [0.1, 0.15) is 59.5 Å². The van der Waals surface area contributed by atoms with Gasteiger partial charge < -0.3 is 10.1 Å². The molecule has 2 aliphatic heterocycles. The van der Waals surface area contributed by atoms with Crippen molar-refractivity contribution >= 4 is 5.91 Å². The largest absolute Gasteiger partial charge is 0.416 e. The predicted octanol–water partition coefficient (Wildman–Crippen LogP) is 3.57. The molecular weight excluding hydrogens is 357 g/mol. The van der Waals surface area contributed by atoms with Gasteiger partial charge in [-0.15, -0.1) is 0 Å². The highest BCUT2D eigenvalue weighted by molar-refractivity contribution is 5.96. The first-order valence-corrected chi connectivity index (χ1v) is 9.77. The van der Waals surface area contributed by atoms with E-state index in [0.29, 0.717) is 24.3 Å². The first-order valence-electron chi connectivity index (χ1n) is 9.77. The Balaban J connectivity index is 1.53. The number of nitrogens with one attached hydrogen (secondary N) is 1. The smallest absolute Gasteiger partial charge is 0.379 e. The molecule has 0 unspecified atom stereocenters. The van der Waals surface area contributed by atoms with E-state index in [1.165, 1.54) is 18.9 Å². The van der Waals surface area contributed by atoms with Crippen LogP contribution >= 0.6 is 0 Å². The van der Waals surface area contributed by atoms with E-state index in [-0.39, 0.29) is 23.9 Å². The van der Waals surface area contributed by atoms with Crippen molar-refractivity contribution in [1.29, 1.82) is 0 Å². The molecule has 1 amide bonds. The van der Waals surface area contributed by atoms with E-state index >= 15 is 0 Å². The van der Waals surface area contributed by atoms with Gasteiger partial charge in [-0.25, -0.2) is 0 Å². The van der Waals surface area contributed by atoms with Crippen LogP contribution in [0.3, 0.4) is 0 Å². The molecular formula is C20H25F3N2O2. The summed E-state index contributed by atoms with van der Waals surface area (Å²) in [5.74, 6) is -0.227. The van der Waals surface area contributed by atoms with Gasteiger partial charge in [0.05, 0.1) is 18.2 Å². The number of benzene rings is 1. The summed E-state index contributed by atoms with van der Waals surface area (Å²) in [7, 11) is 0. The molecule has 1 aliphatic carbocycles. The third-order valence-corrected chi connectivity index (χ3v) is 5.89. The number of amides is 1. The number of alkyl halides is 3. The number of hydrogen-bond donors (Lipinski definition) is 1. The molecule has 0 radical (unpaired) electrons. The third kappa shape index (κ3) is 4.14. The summed E-state index contributed by atoms with van der Waals surface area (Å²) in [6, 6.07) is 3.61. The lowest BCUT2D eigenvalue weighted by Crippen LogP contribution is -2.56. The van der Waals surface area contributed by atoms with Crippen LogP contribution in [0, 0.1) is 0 Å². The molecule has 0 spiro atoms. The Hall–Kier alpha value is -1.60. The molecule has 3 aliphatic rings. The lowest BCUT2D eigenvalue weighted by Gasteiger charge is -2.38. The van der Waals surface area contributed by atoms with E-state index in [1.807, 2.05) is 0 Å². The van der Waals surface area contributed by atoms with E-state index in [0.717, 1.165) is 44.5 Å². The standard InChI is InChI=1S/C20H25F3N2O2/c21-20(22,23)14-5-6-15(16(11-14)13-3-4-13)19(26)24-17-12-27-10-7-18(17)25-8-1-2-9-25/h5-6,11,13,17-18H,1-4,7-10,12H2,(H,24,26)/t17-,18-/m1/s1. The van der Waals surface area contributed by atoms with Crippen LogP contribution < -0.4 is 5.32 Å². The number of likely N-dealkylation sites (tertiary alicyclic amines) is 1. The highest BCUT2D eigenvalue weighted by atomic mass is 19.4. The summed E-state index contributed by atoms with van der Waals surface area (Å²) in [5.41, 5.74) is 0.213. The zero-order valence-corrected chi connectivity index (χ0v) is 15.2. The second kappa shape index (κ2) is 7.43. The van der Waals surface area contributed by atoms with Crippen LogP contribution in [0.4, 0.5) is 13.2 Å². The van der Waals surface area contributed by atoms with Gasteiger partial charge in [0.25, 0.3) is 5.91 Å². The van der Waals surface area contributed by atoms with E-state index < -0.39 is 11.7 Å². The maximum atomic E-state index is 13.1.